The molecule has 0 aliphatic heterocycles. The quantitative estimate of drug-likeness (QED) is 0.570. The average molecular weight is 435 g/mol. The van der Waals surface area contributed by atoms with Crippen LogP contribution in [0.1, 0.15) is 38.2 Å². The summed E-state index contributed by atoms with van der Waals surface area (Å²) in [5.74, 6) is -0.691. The Hall–Kier alpha value is -3.63. The third-order valence-electron chi connectivity index (χ3n) is 4.76. The van der Waals surface area contributed by atoms with E-state index in [-0.39, 0.29) is 22.8 Å². The zero-order valence-electron chi connectivity index (χ0n) is 17.5. The van der Waals surface area contributed by atoms with Crippen molar-refractivity contribution in [3.8, 4) is 6.07 Å². The van der Waals surface area contributed by atoms with Crippen LogP contribution in [0.2, 0.25) is 0 Å². The van der Waals surface area contributed by atoms with E-state index in [9.17, 15) is 18.5 Å². The number of hydrogen-bond donors (Lipinski definition) is 1. The van der Waals surface area contributed by atoms with Gasteiger partial charge in [-0.05, 0) is 50.1 Å². The molecule has 0 radical (unpaired) electrons. The molecule has 3 aromatic rings. The molecule has 0 bridgehead atoms. The Labute approximate surface area is 182 Å². The van der Waals surface area contributed by atoms with Crippen molar-refractivity contribution in [2.75, 3.05) is 4.72 Å². The summed E-state index contributed by atoms with van der Waals surface area (Å²) in [5.41, 5.74) is 3.41. The molecule has 6 nitrogen and oxygen atoms in total. The Morgan fingerprint density at radius 3 is 2.29 bits per heavy atom. The molecular formula is C24H22N2O4S. The number of carbonyl (C=O) groups excluding carboxylic acids is 1. The van der Waals surface area contributed by atoms with Gasteiger partial charge in [-0.15, -0.1) is 0 Å². The number of carbonyl (C=O) groups is 1. The molecule has 0 aromatic heterocycles. The maximum Gasteiger partial charge on any atom is 0.340 e. The van der Waals surface area contributed by atoms with Crippen LogP contribution < -0.4 is 4.72 Å². The third-order valence-corrected chi connectivity index (χ3v) is 6.43. The van der Waals surface area contributed by atoms with E-state index in [2.05, 4.69) is 10.8 Å². The first-order valence-corrected chi connectivity index (χ1v) is 11.1. The number of nitrogens with zero attached hydrogens (tertiary/aromatic N) is 1. The van der Waals surface area contributed by atoms with E-state index in [4.69, 9.17) is 4.74 Å². The minimum atomic E-state index is -3.93. The smallest absolute Gasteiger partial charge is 0.340 e. The summed E-state index contributed by atoms with van der Waals surface area (Å²) in [6.45, 7) is 5.28. The van der Waals surface area contributed by atoms with Crippen molar-refractivity contribution in [3.05, 3.63) is 94.0 Å². The second kappa shape index (κ2) is 9.02. The Kier molecular flexibility index (Phi) is 6.42. The molecule has 0 amide bonds. The van der Waals surface area contributed by atoms with Gasteiger partial charge in [0.05, 0.1) is 27.8 Å². The Morgan fingerprint density at radius 1 is 1.00 bits per heavy atom. The molecule has 0 spiro atoms. The molecule has 0 aliphatic carbocycles. The Morgan fingerprint density at radius 2 is 1.61 bits per heavy atom. The van der Waals surface area contributed by atoms with E-state index in [0.29, 0.717) is 22.3 Å². The largest absolute Gasteiger partial charge is 0.457 e. The van der Waals surface area contributed by atoms with Gasteiger partial charge in [-0.25, -0.2) is 13.2 Å². The third kappa shape index (κ3) is 4.93. The van der Waals surface area contributed by atoms with Gasteiger partial charge in [-0.1, -0.05) is 48.0 Å². The van der Waals surface area contributed by atoms with Crippen molar-refractivity contribution in [2.45, 2.75) is 32.3 Å². The predicted octanol–water partition coefficient (Wildman–Crippen LogP) is 4.64. The topological polar surface area (TPSA) is 96.3 Å². The maximum absolute atomic E-state index is 13.1. The van der Waals surface area contributed by atoms with Gasteiger partial charge in [0, 0.05) is 5.56 Å². The van der Waals surface area contributed by atoms with Crippen LogP contribution in [0.3, 0.4) is 0 Å². The summed E-state index contributed by atoms with van der Waals surface area (Å²) in [5, 5.41) is 9.18. The molecule has 7 heteroatoms. The van der Waals surface area contributed by atoms with Crippen LogP contribution in [-0.2, 0) is 21.4 Å². The number of para-hydroxylation sites is 1. The van der Waals surface area contributed by atoms with Gasteiger partial charge in [-0.2, -0.15) is 5.26 Å². The first-order valence-electron chi connectivity index (χ1n) is 9.58. The molecular weight excluding hydrogens is 412 g/mol. The van der Waals surface area contributed by atoms with Crippen LogP contribution in [0.15, 0.2) is 65.6 Å². The van der Waals surface area contributed by atoms with Gasteiger partial charge >= 0.3 is 5.97 Å². The number of esters is 1. The number of nitrogens with one attached hydrogen (secondary N) is 1. The summed E-state index contributed by atoms with van der Waals surface area (Å²) in [6.07, 6.45) is 0. The molecule has 0 fully saturated rings. The highest BCUT2D eigenvalue weighted by Crippen LogP contribution is 2.26. The molecule has 158 valence electrons. The van der Waals surface area contributed by atoms with E-state index in [1.165, 1.54) is 12.1 Å². The molecule has 0 heterocycles. The fourth-order valence-corrected chi connectivity index (χ4v) is 5.05. The Balaban J connectivity index is 1.87. The fraction of sp³-hybridized carbons (Fsp3) is 0.167. The van der Waals surface area contributed by atoms with E-state index < -0.39 is 16.0 Å². The highest BCUT2D eigenvalue weighted by atomic mass is 32.2. The number of sulfonamides is 1. The standard InChI is InChI=1S/C24H22N2O4S/c1-16-12-17(2)23(18(3)13-16)31(28,29)26-22-11-7-6-10-21(22)24(27)30-15-20-9-5-4-8-19(20)14-25/h4-13,26H,15H2,1-3H3. The van der Waals surface area contributed by atoms with Crippen molar-refractivity contribution in [3.63, 3.8) is 0 Å². The van der Waals surface area contributed by atoms with Gasteiger partial charge in [0.25, 0.3) is 10.0 Å². The van der Waals surface area contributed by atoms with Crippen LogP contribution in [0.4, 0.5) is 5.69 Å². The second-order valence-corrected chi connectivity index (χ2v) is 8.84. The molecule has 1 N–H and O–H groups in total. The van der Waals surface area contributed by atoms with Crippen molar-refractivity contribution >= 4 is 21.7 Å². The van der Waals surface area contributed by atoms with E-state index >= 15 is 0 Å². The second-order valence-electron chi connectivity index (χ2n) is 7.22. The van der Waals surface area contributed by atoms with Crippen LogP contribution >= 0.6 is 0 Å². The molecule has 0 atom stereocenters. The monoisotopic (exact) mass is 434 g/mol. The fourth-order valence-electron chi connectivity index (χ4n) is 3.51. The zero-order valence-corrected chi connectivity index (χ0v) is 18.3. The van der Waals surface area contributed by atoms with Crippen LogP contribution in [0.25, 0.3) is 0 Å². The summed E-state index contributed by atoms with van der Waals surface area (Å²) >= 11 is 0. The zero-order chi connectivity index (χ0) is 22.6. The highest BCUT2D eigenvalue weighted by molar-refractivity contribution is 7.92. The number of ether oxygens (including phenoxy) is 1. The van der Waals surface area contributed by atoms with Crippen molar-refractivity contribution in [1.82, 2.24) is 0 Å². The molecule has 0 aliphatic rings. The normalized spacial score (nSPS) is 10.9. The molecule has 0 unspecified atom stereocenters. The van der Waals surface area contributed by atoms with Gasteiger partial charge in [0.15, 0.2) is 0 Å². The van der Waals surface area contributed by atoms with Crippen LogP contribution in [0, 0.1) is 32.1 Å². The lowest BCUT2D eigenvalue weighted by molar-refractivity contribution is 0.0473. The summed E-state index contributed by atoms with van der Waals surface area (Å²) in [4.78, 5) is 12.9. The van der Waals surface area contributed by atoms with Crippen molar-refractivity contribution in [2.24, 2.45) is 0 Å². The van der Waals surface area contributed by atoms with Crippen molar-refractivity contribution < 1.29 is 17.9 Å². The molecule has 31 heavy (non-hydrogen) atoms. The highest BCUT2D eigenvalue weighted by Gasteiger charge is 2.23. The SMILES string of the molecule is Cc1cc(C)c(S(=O)(=O)Nc2ccccc2C(=O)OCc2ccccc2C#N)c(C)c1. The van der Waals surface area contributed by atoms with Crippen LogP contribution in [-0.4, -0.2) is 14.4 Å². The van der Waals surface area contributed by atoms with Gasteiger partial charge in [0.2, 0.25) is 0 Å². The first-order chi connectivity index (χ1) is 14.7. The molecule has 3 aromatic carbocycles. The summed E-state index contributed by atoms with van der Waals surface area (Å²) in [7, 11) is -3.93. The first kappa shape index (κ1) is 22.1. The lowest BCUT2D eigenvalue weighted by Crippen LogP contribution is -2.18. The number of rotatable bonds is 6. The predicted molar refractivity (Wildman–Crippen MR) is 118 cm³/mol. The summed E-state index contributed by atoms with van der Waals surface area (Å²) in [6, 6.07) is 18.7. The number of nitriles is 1. The van der Waals surface area contributed by atoms with Gasteiger partial charge < -0.3 is 4.74 Å². The lowest BCUT2D eigenvalue weighted by Gasteiger charge is -2.16. The number of benzene rings is 3. The lowest BCUT2D eigenvalue weighted by atomic mass is 10.1. The van der Waals surface area contributed by atoms with E-state index in [1.54, 1.807) is 62.4 Å². The number of anilines is 1. The van der Waals surface area contributed by atoms with E-state index in [0.717, 1.165) is 5.56 Å². The number of aryl methyl sites for hydroxylation is 3. The average Bonchev–Trinajstić information content (AvgIpc) is 2.71. The van der Waals surface area contributed by atoms with Crippen molar-refractivity contribution in [1.29, 1.82) is 5.26 Å². The molecule has 0 saturated heterocycles. The molecule has 0 saturated carbocycles. The maximum atomic E-state index is 13.1. The number of hydrogen-bond acceptors (Lipinski definition) is 5. The van der Waals surface area contributed by atoms with E-state index in [1.807, 2.05) is 6.92 Å². The van der Waals surface area contributed by atoms with Gasteiger partial charge in [-0.3, -0.25) is 4.72 Å². The minimum absolute atomic E-state index is 0.0860. The Bertz CT molecular complexity index is 1270. The van der Waals surface area contributed by atoms with Gasteiger partial charge in [0.1, 0.15) is 6.61 Å². The summed E-state index contributed by atoms with van der Waals surface area (Å²) < 4.78 is 34.1. The molecule has 3 rings (SSSR count). The van der Waals surface area contributed by atoms with Crippen LogP contribution in [0.5, 0.6) is 0 Å². The minimum Gasteiger partial charge on any atom is -0.457 e.